The zero-order chi connectivity index (χ0) is 10.6. The lowest BCUT2D eigenvalue weighted by Crippen LogP contribution is -2.45. The third-order valence-corrected chi connectivity index (χ3v) is 4.09. The highest BCUT2D eigenvalue weighted by molar-refractivity contribution is 7.98. The molecule has 0 amide bonds. The molecule has 0 aromatic carbocycles. The van der Waals surface area contributed by atoms with Crippen LogP contribution in [0.3, 0.4) is 0 Å². The van der Waals surface area contributed by atoms with Gasteiger partial charge >= 0.3 is 0 Å². The number of hydrogen-bond donors (Lipinski definition) is 1. The Morgan fingerprint density at radius 2 is 2.21 bits per heavy atom. The van der Waals surface area contributed by atoms with Gasteiger partial charge in [-0.05, 0) is 39.0 Å². The minimum atomic E-state index is -0.0871. The summed E-state index contributed by atoms with van der Waals surface area (Å²) in [4.78, 5) is 2.40. The molecule has 0 heterocycles. The first-order chi connectivity index (χ1) is 6.70. The maximum atomic E-state index is 9.82. The minimum absolute atomic E-state index is 0.0871. The van der Waals surface area contributed by atoms with Crippen LogP contribution in [0.1, 0.15) is 32.6 Å². The molecule has 14 heavy (non-hydrogen) atoms. The number of thioether (sulfide) groups is 1. The number of aliphatic hydroxyl groups excluding tert-OH is 1. The van der Waals surface area contributed by atoms with Crippen molar-refractivity contribution >= 4 is 11.8 Å². The molecule has 2 nitrogen and oxygen atoms in total. The van der Waals surface area contributed by atoms with Crippen LogP contribution in [0.25, 0.3) is 0 Å². The van der Waals surface area contributed by atoms with E-state index in [1.54, 1.807) is 0 Å². The second-order valence-electron chi connectivity index (χ2n) is 4.25. The van der Waals surface area contributed by atoms with Crippen LogP contribution in [0.5, 0.6) is 0 Å². The van der Waals surface area contributed by atoms with Crippen LogP contribution in [0, 0.1) is 0 Å². The summed E-state index contributed by atoms with van der Waals surface area (Å²) in [6.07, 6.45) is 6.59. The lowest BCUT2D eigenvalue weighted by Gasteiger charge is -2.33. The van der Waals surface area contributed by atoms with Crippen LogP contribution in [-0.2, 0) is 0 Å². The highest BCUT2D eigenvalue weighted by Gasteiger charge is 2.31. The molecule has 1 saturated carbocycles. The molecule has 0 radical (unpaired) electrons. The molecule has 1 N–H and O–H groups in total. The maximum absolute atomic E-state index is 9.82. The van der Waals surface area contributed by atoms with Crippen LogP contribution < -0.4 is 0 Å². The molecule has 1 aliphatic rings. The number of likely N-dealkylation sites (N-methyl/N-ethyl adjacent to an activating group) is 1. The molecule has 0 spiro atoms. The lowest BCUT2D eigenvalue weighted by atomic mass is 10.1. The lowest BCUT2D eigenvalue weighted by molar-refractivity contribution is 0.0659. The number of hydrogen-bond acceptors (Lipinski definition) is 3. The number of rotatable bonds is 5. The van der Waals surface area contributed by atoms with E-state index in [0.717, 1.165) is 6.42 Å². The van der Waals surface area contributed by atoms with E-state index in [4.69, 9.17) is 0 Å². The van der Waals surface area contributed by atoms with Crippen LogP contribution in [0.4, 0.5) is 0 Å². The molecular formula is C11H23NOS. The van der Waals surface area contributed by atoms with Gasteiger partial charge in [-0.2, -0.15) is 11.8 Å². The van der Waals surface area contributed by atoms with Crippen molar-refractivity contribution in [1.29, 1.82) is 0 Å². The van der Waals surface area contributed by atoms with E-state index in [-0.39, 0.29) is 6.10 Å². The molecule has 1 aliphatic carbocycles. The average Bonchev–Trinajstić information content (AvgIpc) is 2.59. The summed E-state index contributed by atoms with van der Waals surface area (Å²) in [7, 11) is 2.17. The molecule has 1 fully saturated rings. The summed E-state index contributed by atoms with van der Waals surface area (Å²) >= 11 is 1.90. The largest absolute Gasteiger partial charge is 0.391 e. The van der Waals surface area contributed by atoms with Crippen molar-refractivity contribution in [3.8, 4) is 0 Å². The van der Waals surface area contributed by atoms with Crippen molar-refractivity contribution in [2.45, 2.75) is 50.8 Å². The molecule has 1 unspecified atom stereocenters. The number of nitrogens with zero attached hydrogens (tertiary/aromatic N) is 1. The first kappa shape index (κ1) is 12.3. The summed E-state index contributed by atoms with van der Waals surface area (Å²) in [5, 5.41) is 9.82. The summed E-state index contributed by atoms with van der Waals surface area (Å²) in [5.41, 5.74) is 0. The Balaban J connectivity index is 2.48. The second-order valence-corrected chi connectivity index (χ2v) is 5.16. The highest BCUT2D eigenvalue weighted by atomic mass is 32.2. The van der Waals surface area contributed by atoms with E-state index >= 15 is 0 Å². The predicted octanol–water partition coefficient (Wildman–Crippen LogP) is 1.97. The van der Waals surface area contributed by atoms with E-state index in [9.17, 15) is 5.11 Å². The Kier molecular flexibility index (Phi) is 5.28. The van der Waals surface area contributed by atoms with E-state index in [0.29, 0.717) is 12.1 Å². The van der Waals surface area contributed by atoms with Crippen LogP contribution in [0.15, 0.2) is 0 Å². The fourth-order valence-electron chi connectivity index (χ4n) is 2.38. The zero-order valence-electron chi connectivity index (χ0n) is 9.57. The van der Waals surface area contributed by atoms with Gasteiger partial charge in [-0.25, -0.2) is 0 Å². The third kappa shape index (κ3) is 2.88. The average molecular weight is 217 g/mol. The maximum Gasteiger partial charge on any atom is 0.0695 e. The van der Waals surface area contributed by atoms with Gasteiger partial charge in [0.25, 0.3) is 0 Å². The SMILES string of the molecule is CCC(CSC)N(C)[C@@H]1CCC[C@H]1O. The molecule has 0 aromatic rings. The van der Waals surface area contributed by atoms with Crippen molar-refractivity contribution in [2.24, 2.45) is 0 Å². The Hall–Kier alpha value is 0.270. The summed E-state index contributed by atoms with van der Waals surface area (Å²) in [5.74, 6) is 1.18. The standard InChI is InChI=1S/C11H23NOS/c1-4-9(8-14-3)12(2)10-6-5-7-11(10)13/h9-11,13H,4-8H2,1-3H3/t9?,10-,11-/m1/s1. The smallest absolute Gasteiger partial charge is 0.0695 e. The Morgan fingerprint density at radius 3 is 2.64 bits per heavy atom. The third-order valence-electron chi connectivity index (χ3n) is 3.37. The normalized spacial score (nSPS) is 29.8. The van der Waals surface area contributed by atoms with Gasteiger partial charge in [-0.1, -0.05) is 6.92 Å². The predicted molar refractivity (Wildman–Crippen MR) is 63.9 cm³/mol. The molecule has 0 aromatic heterocycles. The molecule has 3 atom stereocenters. The van der Waals surface area contributed by atoms with Crippen LogP contribution >= 0.6 is 11.8 Å². The van der Waals surface area contributed by atoms with Gasteiger partial charge in [0.15, 0.2) is 0 Å². The zero-order valence-corrected chi connectivity index (χ0v) is 10.4. The van der Waals surface area contributed by atoms with Gasteiger partial charge in [0, 0.05) is 17.8 Å². The number of aliphatic hydroxyl groups is 1. The topological polar surface area (TPSA) is 23.5 Å². The highest BCUT2D eigenvalue weighted by Crippen LogP contribution is 2.26. The Bertz CT molecular complexity index is 165. The van der Waals surface area contributed by atoms with Gasteiger partial charge in [0.1, 0.15) is 0 Å². The molecule has 0 aliphatic heterocycles. The monoisotopic (exact) mass is 217 g/mol. The first-order valence-corrected chi connectivity index (χ1v) is 6.99. The minimum Gasteiger partial charge on any atom is -0.391 e. The summed E-state index contributed by atoms with van der Waals surface area (Å²) in [6.45, 7) is 2.23. The van der Waals surface area contributed by atoms with Crippen LogP contribution in [-0.4, -0.2) is 47.3 Å². The Labute approximate surface area is 92.1 Å². The quantitative estimate of drug-likeness (QED) is 0.761. The van der Waals surface area contributed by atoms with E-state index in [1.165, 1.54) is 25.0 Å². The second kappa shape index (κ2) is 5.99. The van der Waals surface area contributed by atoms with Crippen molar-refractivity contribution in [3.05, 3.63) is 0 Å². The van der Waals surface area contributed by atoms with E-state index in [2.05, 4.69) is 25.1 Å². The van der Waals surface area contributed by atoms with E-state index < -0.39 is 0 Å². The van der Waals surface area contributed by atoms with Crippen molar-refractivity contribution < 1.29 is 5.11 Å². The van der Waals surface area contributed by atoms with Crippen molar-refractivity contribution in [3.63, 3.8) is 0 Å². The van der Waals surface area contributed by atoms with Gasteiger partial charge in [0.05, 0.1) is 6.10 Å². The fourth-order valence-corrected chi connectivity index (χ4v) is 3.24. The van der Waals surface area contributed by atoms with E-state index in [1.807, 2.05) is 11.8 Å². The van der Waals surface area contributed by atoms with Gasteiger partial charge < -0.3 is 5.11 Å². The first-order valence-electron chi connectivity index (χ1n) is 5.59. The summed E-state index contributed by atoms with van der Waals surface area (Å²) < 4.78 is 0. The molecule has 3 heteroatoms. The molecule has 1 rings (SSSR count). The summed E-state index contributed by atoms with van der Waals surface area (Å²) in [6, 6.07) is 1.04. The molecular weight excluding hydrogens is 194 g/mol. The van der Waals surface area contributed by atoms with Gasteiger partial charge in [-0.15, -0.1) is 0 Å². The fraction of sp³-hybridized carbons (Fsp3) is 1.00. The molecule has 0 saturated heterocycles. The van der Waals surface area contributed by atoms with Gasteiger partial charge in [-0.3, -0.25) is 4.90 Å². The van der Waals surface area contributed by atoms with Gasteiger partial charge in [0.2, 0.25) is 0 Å². The van der Waals surface area contributed by atoms with Crippen molar-refractivity contribution in [2.75, 3.05) is 19.1 Å². The molecule has 0 bridgehead atoms. The van der Waals surface area contributed by atoms with Crippen molar-refractivity contribution in [1.82, 2.24) is 4.90 Å². The molecule has 84 valence electrons. The van der Waals surface area contributed by atoms with Crippen LogP contribution in [0.2, 0.25) is 0 Å². The Morgan fingerprint density at radius 1 is 1.50 bits per heavy atom.